The van der Waals surface area contributed by atoms with Crippen LogP contribution in [-0.4, -0.2) is 35.4 Å². The Balaban J connectivity index is 1.69. The number of aryl methyl sites for hydroxylation is 2. The Morgan fingerprint density at radius 3 is 2.16 bits per heavy atom. The molecule has 1 atom stereocenters. The first-order valence-electron chi connectivity index (χ1n) is 11.3. The number of hydrogen-bond donors (Lipinski definition) is 1. The zero-order valence-corrected chi connectivity index (χ0v) is 18.9. The van der Waals surface area contributed by atoms with E-state index in [4.69, 9.17) is 4.74 Å². The molecule has 1 N–H and O–H groups in total. The fourth-order valence-corrected chi connectivity index (χ4v) is 3.90. The largest absolute Gasteiger partial charge is 0.484 e. The predicted molar refractivity (Wildman–Crippen MR) is 123 cm³/mol. The van der Waals surface area contributed by atoms with Crippen LogP contribution in [0.2, 0.25) is 0 Å². The topological polar surface area (TPSA) is 58.6 Å². The number of nitrogens with zero attached hydrogens (tertiary/aromatic N) is 1. The Labute approximate surface area is 185 Å². The fourth-order valence-electron chi connectivity index (χ4n) is 3.90. The lowest BCUT2D eigenvalue weighted by Crippen LogP contribution is -2.51. The Morgan fingerprint density at radius 2 is 1.55 bits per heavy atom. The van der Waals surface area contributed by atoms with Gasteiger partial charge in [0.05, 0.1) is 0 Å². The van der Waals surface area contributed by atoms with E-state index >= 15 is 0 Å². The quantitative estimate of drug-likeness (QED) is 0.679. The molecule has 0 heterocycles. The van der Waals surface area contributed by atoms with Gasteiger partial charge in [-0.15, -0.1) is 0 Å². The van der Waals surface area contributed by atoms with Crippen LogP contribution in [0.4, 0.5) is 0 Å². The number of amides is 2. The molecule has 1 fully saturated rings. The van der Waals surface area contributed by atoms with Crippen LogP contribution in [0.5, 0.6) is 5.75 Å². The second kappa shape index (κ2) is 11.0. The molecular formula is C26H34N2O3. The van der Waals surface area contributed by atoms with Crippen molar-refractivity contribution in [3.63, 3.8) is 0 Å². The van der Waals surface area contributed by atoms with Crippen molar-refractivity contribution in [3.8, 4) is 5.75 Å². The highest BCUT2D eigenvalue weighted by Crippen LogP contribution is 2.19. The van der Waals surface area contributed by atoms with Crippen LogP contribution in [0.25, 0.3) is 0 Å². The van der Waals surface area contributed by atoms with E-state index < -0.39 is 6.04 Å². The minimum Gasteiger partial charge on any atom is -0.484 e. The molecule has 1 saturated carbocycles. The molecule has 0 bridgehead atoms. The second-order valence-electron chi connectivity index (χ2n) is 8.63. The van der Waals surface area contributed by atoms with Gasteiger partial charge >= 0.3 is 0 Å². The molecule has 0 aromatic heterocycles. The lowest BCUT2D eigenvalue weighted by atomic mass is 9.95. The van der Waals surface area contributed by atoms with Crippen LogP contribution >= 0.6 is 0 Å². The summed E-state index contributed by atoms with van der Waals surface area (Å²) >= 11 is 0. The second-order valence-corrected chi connectivity index (χ2v) is 8.63. The summed E-state index contributed by atoms with van der Waals surface area (Å²) in [5, 5.41) is 3.16. The molecular weight excluding hydrogens is 388 g/mol. The van der Waals surface area contributed by atoms with Crippen molar-refractivity contribution in [2.45, 2.75) is 71.5 Å². The number of rotatable bonds is 8. The Kier molecular flexibility index (Phi) is 8.10. The maximum absolute atomic E-state index is 13.1. The van der Waals surface area contributed by atoms with Gasteiger partial charge in [-0.2, -0.15) is 0 Å². The van der Waals surface area contributed by atoms with E-state index in [1.807, 2.05) is 62.4 Å². The molecule has 0 aliphatic heterocycles. The van der Waals surface area contributed by atoms with E-state index in [0.717, 1.165) is 42.4 Å². The van der Waals surface area contributed by atoms with Gasteiger partial charge in [-0.1, -0.05) is 66.8 Å². The summed E-state index contributed by atoms with van der Waals surface area (Å²) in [5.41, 5.74) is 3.28. The molecule has 31 heavy (non-hydrogen) atoms. The van der Waals surface area contributed by atoms with Crippen molar-refractivity contribution >= 4 is 11.8 Å². The Bertz CT molecular complexity index is 855. The van der Waals surface area contributed by atoms with Crippen LogP contribution in [0.3, 0.4) is 0 Å². The Morgan fingerprint density at radius 1 is 0.968 bits per heavy atom. The van der Waals surface area contributed by atoms with Crippen LogP contribution in [0.15, 0.2) is 48.5 Å². The standard InChI is InChI=1S/C26H34N2O3/c1-19-9-13-22(14-10-19)17-28(21(3)26(30)27-23-7-5-4-6-8-23)25(29)18-31-24-15-11-20(2)12-16-24/h9-16,21,23H,4-8,17-18H2,1-3H3,(H,27,30)/t21-/m0/s1. The predicted octanol–water partition coefficient (Wildman–Crippen LogP) is 4.55. The average molecular weight is 423 g/mol. The minimum atomic E-state index is -0.572. The van der Waals surface area contributed by atoms with Crippen molar-refractivity contribution in [3.05, 3.63) is 65.2 Å². The van der Waals surface area contributed by atoms with Crippen molar-refractivity contribution < 1.29 is 14.3 Å². The summed E-state index contributed by atoms with van der Waals surface area (Å²) in [4.78, 5) is 27.7. The van der Waals surface area contributed by atoms with Gasteiger partial charge in [-0.3, -0.25) is 9.59 Å². The molecule has 5 heteroatoms. The molecule has 2 amide bonds. The van der Waals surface area contributed by atoms with Gasteiger partial charge in [0.15, 0.2) is 6.61 Å². The third kappa shape index (κ3) is 6.84. The highest BCUT2D eigenvalue weighted by atomic mass is 16.5. The average Bonchev–Trinajstić information content (AvgIpc) is 2.78. The fraction of sp³-hybridized carbons (Fsp3) is 0.462. The number of hydrogen-bond acceptors (Lipinski definition) is 3. The lowest BCUT2D eigenvalue weighted by molar-refractivity contribution is -0.142. The van der Waals surface area contributed by atoms with E-state index in [9.17, 15) is 9.59 Å². The lowest BCUT2D eigenvalue weighted by Gasteiger charge is -2.31. The van der Waals surface area contributed by atoms with E-state index in [-0.39, 0.29) is 24.5 Å². The van der Waals surface area contributed by atoms with E-state index in [1.165, 1.54) is 6.42 Å². The molecule has 3 rings (SSSR count). The smallest absolute Gasteiger partial charge is 0.261 e. The van der Waals surface area contributed by atoms with E-state index in [2.05, 4.69) is 5.32 Å². The van der Waals surface area contributed by atoms with Crippen LogP contribution in [0, 0.1) is 13.8 Å². The van der Waals surface area contributed by atoms with Gasteiger partial charge in [0.2, 0.25) is 5.91 Å². The van der Waals surface area contributed by atoms with Gasteiger partial charge in [0, 0.05) is 12.6 Å². The van der Waals surface area contributed by atoms with E-state index in [0.29, 0.717) is 12.3 Å². The SMILES string of the molecule is Cc1ccc(CN(C(=O)COc2ccc(C)cc2)[C@@H](C)C(=O)NC2CCCCC2)cc1. The van der Waals surface area contributed by atoms with Gasteiger partial charge in [-0.05, 0) is 51.3 Å². The summed E-state index contributed by atoms with van der Waals surface area (Å²) in [7, 11) is 0. The zero-order valence-electron chi connectivity index (χ0n) is 18.9. The number of carbonyl (C=O) groups excluding carboxylic acids is 2. The van der Waals surface area contributed by atoms with Crippen molar-refractivity contribution in [1.82, 2.24) is 10.2 Å². The van der Waals surface area contributed by atoms with Crippen LogP contribution < -0.4 is 10.1 Å². The zero-order chi connectivity index (χ0) is 22.2. The highest BCUT2D eigenvalue weighted by molar-refractivity contribution is 5.88. The molecule has 1 aliphatic rings. The summed E-state index contributed by atoms with van der Waals surface area (Å²) in [6.07, 6.45) is 5.56. The summed E-state index contributed by atoms with van der Waals surface area (Å²) in [6.45, 7) is 6.11. The molecule has 0 spiro atoms. The summed E-state index contributed by atoms with van der Waals surface area (Å²) in [6, 6.07) is 15.3. The van der Waals surface area contributed by atoms with Crippen molar-refractivity contribution in [2.24, 2.45) is 0 Å². The molecule has 1 aliphatic carbocycles. The third-order valence-electron chi connectivity index (χ3n) is 5.98. The third-order valence-corrected chi connectivity index (χ3v) is 5.98. The molecule has 0 unspecified atom stereocenters. The molecule has 2 aromatic rings. The molecule has 0 saturated heterocycles. The molecule has 166 valence electrons. The maximum atomic E-state index is 13.1. The number of carbonyl (C=O) groups is 2. The van der Waals surface area contributed by atoms with Crippen LogP contribution in [-0.2, 0) is 16.1 Å². The minimum absolute atomic E-state index is 0.0947. The first-order chi connectivity index (χ1) is 14.9. The van der Waals surface area contributed by atoms with Crippen LogP contribution in [0.1, 0.15) is 55.7 Å². The number of ether oxygens (including phenoxy) is 1. The first-order valence-corrected chi connectivity index (χ1v) is 11.3. The summed E-state index contributed by atoms with van der Waals surface area (Å²) < 4.78 is 5.72. The van der Waals surface area contributed by atoms with Crippen molar-refractivity contribution in [2.75, 3.05) is 6.61 Å². The van der Waals surface area contributed by atoms with Gasteiger partial charge < -0.3 is 15.0 Å². The summed E-state index contributed by atoms with van der Waals surface area (Å²) in [5.74, 6) is 0.351. The van der Waals surface area contributed by atoms with E-state index in [1.54, 1.807) is 11.8 Å². The maximum Gasteiger partial charge on any atom is 0.261 e. The highest BCUT2D eigenvalue weighted by Gasteiger charge is 2.28. The van der Waals surface area contributed by atoms with Gasteiger partial charge in [0.25, 0.3) is 5.91 Å². The van der Waals surface area contributed by atoms with Gasteiger partial charge in [0.1, 0.15) is 11.8 Å². The number of benzene rings is 2. The normalized spacial score (nSPS) is 15.2. The monoisotopic (exact) mass is 422 g/mol. The molecule has 2 aromatic carbocycles. The van der Waals surface area contributed by atoms with Crippen molar-refractivity contribution in [1.29, 1.82) is 0 Å². The van der Waals surface area contributed by atoms with Gasteiger partial charge in [-0.25, -0.2) is 0 Å². The molecule has 5 nitrogen and oxygen atoms in total. The Hall–Kier alpha value is -2.82. The molecule has 0 radical (unpaired) electrons. The first kappa shape index (κ1) is 22.9. The number of nitrogens with one attached hydrogen (secondary N) is 1.